The fraction of sp³-hybridized carbons (Fsp3) is 0.381. The first kappa shape index (κ1) is 22.7. The molecule has 0 saturated carbocycles. The summed E-state index contributed by atoms with van der Waals surface area (Å²) < 4.78 is 37.8. The number of ether oxygens (including phenoxy) is 2. The van der Waals surface area contributed by atoms with Gasteiger partial charge in [-0.3, -0.25) is 4.79 Å². The van der Waals surface area contributed by atoms with E-state index in [4.69, 9.17) is 9.47 Å². The molecular weight excluding hydrogens is 392 g/mol. The minimum atomic E-state index is -3.61. The molecule has 0 aliphatic carbocycles. The summed E-state index contributed by atoms with van der Waals surface area (Å²) in [6.45, 7) is 3.94. The van der Waals surface area contributed by atoms with Gasteiger partial charge in [-0.25, -0.2) is 13.1 Å². The Morgan fingerprint density at radius 3 is 2.38 bits per heavy atom. The molecule has 0 bridgehead atoms. The molecular formula is C21H28N2O5S. The summed E-state index contributed by atoms with van der Waals surface area (Å²) in [5.74, 6) is 1.11. The molecule has 2 N–H and O–H groups in total. The highest BCUT2D eigenvalue weighted by Crippen LogP contribution is 2.27. The third-order valence-corrected chi connectivity index (χ3v) is 6.06. The highest BCUT2D eigenvalue weighted by molar-refractivity contribution is 7.89. The van der Waals surface area contributed by atoms with E-state index in [9.17, 15) is 13.2 Å². The van der Waals surface area contributed by atoms with Crippen LogP contribution in [0, 0.1) is 13.8 Å². The van der Waals surface area contributed by atoms with Crippen LogP contribution in [0.1, 0.15) is 23.1 Å². The van der Waals surface area contributed by atoms with Crippen LogP contribution in [0.2, 0.25) is 0 Å². The van der Waals surface area contributed by atoms with Crippen molar-refractivity contribution in [3.05, 3.63) is 53.1 Å². The largest absolute Gasteiger partial charge is 0.493 e. The summed E-state index contributed by atoms with van der Waals surface area (Å²) in [4.78, 5) is 12.3. The summed E-state index contributed by atoms with van der Waals surface area (Å²) in [5.41, 5.74) is 2.51. The zero-order chi connectivity index (χ0) is 21.4. The van der Waals surface area contributed by atoms with E-state index >= 15 is 0 Å². The van der Waals surface area contributed by atoms with E-state index in [0.29, 0.717) is 29.9 Å². The molecule has 0 fully saturated rings. The second-order valence-electron chi connectivity index (χ2n) is 6.71. The van der Waals surface area contributed by atoms with Gasteiger partial charge in [-0.15, -0.1) is 0 Å². The van der Waals surface area contributed by atoms with E-state index in [1.807, 2.05) is 25.1 Å². The fourth-order valence-electron chi connectivity index (χ4n) is 2.84. The van der Waals surface area contributed by atoms with Crippen molar-refractivity contribution in [3.63, 3.8) is 0 Å². The predicted octanol–water partition coefficient (Wildman–Crippen LogP) is 2.35. The van der Waals surface area contributed by atoms with Crippen LogP contribution in [0.5, 0.6) is 11.5 Å². The summed E-state index contributed by atoms with van der Waals surface area (Å²) in [7, 11) is -0.476. The first-order chi connectivity index (χ1) is 13.8. The number of hydrogen-bond donors (Lipinski definition) is 2. The number of rotatable bonds is 10. The van der Waals surface area contributed by atoms with Gasteiger partial charge in [0.15, 0.2) is 11.5 Å². The van der Waals surface area contributed by atoms with Crippen molar-refractivity contribution in [3.8, 4) is 11.5 Å². The summed E-state index contributed by atoms with van der Waals surface area (Å²) in [6.07, 6.45) is 0.833. The lowest BCUT2D eigenvalue weighted by molar-refractivity contribution is -0.121. The highest BCUT2D eigenvalue weighted by atomic mass is 32.2. The number of carbonyl (C=O) groups excluding carboxylic acids is 1. The van der Waals surface area contributed by atoms with Crippen LogP contribution >= 0.6 is 0 Å². The Morgan fingerprint density at radius 1 is 0.966 bits per heavy atom. The van der Waals surface area contributed by atoms with Gasteiger partial charge in [-0.2, -0.15) is 0 Å². The molecule has 0 heterocycles. The van der Waals surface area contributed by atoms with Crippen LogP contribution in [-0.4, -0.2) is 41.6 Å². The Bertz CT molecular complexity index is 958. The van der Waals surface area contributed by atoms with Crippen molar-refractivity contribution in [1.82, 2.24) is 10.0 Å². The maximum Gasteiger partial charge on any atom is 0.240 e. The Balaban J connectivity index is 1.79. The van der Waals surface area contributed by atoms with E-state index in [1.165, 1.54) is 0 Å². The van der Waals surface area contributed by atoms with Gasteiger partial charge in [0.05, 0.1) is 19.1 Å². The van der Waals surface area contributed by atoms with Gasteiger partial charge >= 0.3 is 0 Å². The SMILES string of the molecule is COc1ccc(CCC(=O)NCCNS(=O)(=O)c2cc(C)ccc2C)cc1OC. The van der Waals surface area contributed by atoms with Crippen molar-refractivity contribution < 1.29 is 22.7 Å². The second kappa shape index (κ2) is 10.3. The number of carbonyl (C=O) groups is 1. The van der Waals surface area contributed by atoms with E-state index < -0.39 is 10.0 Å². The number of nitrogens with one attached hydrogen (secondary N) is 2. The average Bonchev–Trinajstić information content (AvgIpc) is 2.71. The molecule has 0 spiro atoms. The van der Waals surface area contributed by atoms with Crippen LogP contribution in [-0.2, 0) is 21.2 Å². The first-order valence-electron chi connectivity index (χ1n) is 9.31. The molecule has 0 atom stereocenters. The molecule has 2 aromatic carbocycles. The number of hydrogen-bond acceptors (Lipinski definition) is 5. The van der Waals surface area contributed by atoms with Gasteiger partial charge in [-0.1, -0.05) is 18.2 Å². The maximum atomic E-state index is 12.4. The standard InChI is InChI=1S/C21H28N2O5S/c1-15-5-6-16(2)20(13-15)29(25,26)23-12-11-22-21(24)10-8-17-7-9-18(27-3)19(14-17)28-4/h5-7,9,13-14,23H,8,10-12H2,1-4H3,(H,22,24). The highest BCUT2D eigenvalue weighted by Gasteiger charge is 2.16. The van der Waals surface area contributed by atoms with Crippen LogP contribution in [0.4, 0.5) is 0 Å². The van der Waals surface area contributed by atoms with E-state index in [-0.39, 0.29) is 23.9 Å². The van der Waals surface area contributed by atoms with Crippen LogP contribution in [0.3, 0.4) is 0 Å². The molecule has 0 unspecified atom stereocenters. The first-order valence-corrected chi connectivity index (χ1v) is 10.8. The Kier molecular flexibility index (Phi) is 8.04. The molecule has 0 saturated heterocycles. The molecule has 158 valence electrons. The second-order valence-corrected chi connectivity index (χ2v) is 8.44. The van der Waals surface area contributed by atoms with E-state index in [2.05, 4.69) is 10.0 Å². The molecule has 29 heavy (non-hydrogen) atoms. The van der Waals surface area contributed by atoms with Crippen LogP contribution in [0.15, 0.2) is 41.3 Å². The van der Waals surface area contributed by atoms with Crippen molar-refractivity contribution in [2.24, 2.45) is 0 Å². The van der Waals surface area contributed by atoms with Crippen LogP contribution < -0.4 is 19.5 Å². The number of methoxy groups -OCH3 is 2. The molecule has 7 nitrogen and oxygen atoms in total. The zero-order valence-electron chi connectivity index (χ0n) is 17.2. The molecule has 0 radical (unpaired) electrons. The number of amides is 1. The lowest BCUT2D eigenvalue weighted by Crippen LogP contribution is -2.35. The van der Waals surface area contributed by atoms with Gasteiger partial charge in [0.1, 0.15) is 0 Å². The summed E-state index contributed by atoms with van der Waals surface area (Å²) in [5, 5.41) is 2.73. The Morgan fingerprint density at radius 2 is 1.69 bits per heavy atom. The van der Waals surface area contributed by atoms with Crippen molar-refractivity contribution in [2.45, 2.75) is 31.6 Å². The third-order valence-electron chi connectivity index (χ3n) is 4.46. The van der Waals surface area contributed by atoms with Crippen LogP contribution in [0.25, 0.3) is 0 Å². The van der Waals surface area contributed by atoms with Crippen molar-refractivity contribution in [2.75, 3.05) is 27.3 Å². The summed E-state index contributed by atoms with van der Waals surface area (Å²) >= 11 is 0. The van der Waals surface area contributed by atoms with E-state index in [0.717, 1.165) is 11.1 Å². The summed E-state index contributed by atoms with van der Waals surface area (Å²) in [6, 6.07) is 10.8. The molecule has 0 aromatic heterocycles. The quantitative estimate of drug-likeness (QED) is 0.576. The minimum absolute atomic E-state index is 0.123. The molecule has 0 aliphatic rings. The number of benzene rings is 2. The van der Waals surface area contributed by atoms with Gasteiger partial charge in [0.25, 0.3) is 0 Å². The zero-order valence-corrected chi connectivity index (χ0v) is 18.1. The van der Waals surface area contributed by atoms with Crippen molar-refractivity contribution in [1.29, 1.82) is 0 Å². The van der Waals surface area contributed by atoms with Gasteiger partial charge < -0.3 is 14.8 Å². The van der Waals surface area contributed by atoms with Crippen molar-refractivity contribution >= 4 is 15.9 Å². The number of aryl methyl sites for hydroxylation is 3. The van der Waals surface area contributed by atoms with Gasteiger partial charge in [-0.05, 0) is 55.2 Å². The lowest BCUT2D eigenvalue weighted by Gasteiger charge is -2.11. The molecule has 0 aliphatic heterocycles. The molecule has 1 amide bonds. The van der Waals surface area contributed by atoms with Gasteiger partial charge in [0.2, 0.25) is 15.9 Å². The Labute approximate surface area is 172 Å². The average molecular weight is 421 g/mol. The molecule has 2 rings (SSSR count). The lowest BCUT2D eigenvalue weighted by atomic mass is 10.1. The normalized spacial score (nSPS) is 11.2. The maximum absolute atomic E-state index is 12.4. The Hall–Kier alpha value is -2.58. The topological polar surface area (TPSA) is 93.7 Å². The molecule has 2 aromatic rings. The van der Waals surface area contributed by atoms with Gasteiger partial charge in [0, 0.05) is 19.5 Å². The van der Waals surface area contributed by atoms with E-state index in [1.54, 1.807) is 39.3 Å². The predicted molar refractivity (Wildman–Crippen MR) is 112 cm³/mol. The molecule has 8 heteroatoms. The fourth-order valence-corrected chi connectivity index (χ4v) is 4.20. The third kappa shape index (κ3) is 6.47. The monoisotopic (exact) mass is 420 g/mol. The smallest absolute Gasteiger partial charge is 0.240 e. The number of sulfonamides is 1. The minimum Gasteiger partial charge on any atom is -0.493 e.